The number of nitrogens with zero attached hydrogens (tertiary/aromatic N) is 1. The molecule has 0 saturated carbocycles. The van der Waals surface area contributed by atoms with Crippen LogP contribution in [0, 0.1) is 5.92 Å². The van der Waals surface area contributed by atoms with E-state index in [0.717, 1.165) is 29.7 Å². The fourth-order valence-corrected chi connectivity index (χ4v) is 4.71. The molecule has 0 bridgehead atoms. The highest BCUT2D eigenvalue weighted by molar-refractivity contribution is 5.85. The second-order valence-corrected chi connectivity index (χ2v) is 8.88. The van der Waals surface area contributed by atoms with Crippen molar-refractivity contribution in [1.82, 2.24) is 5.16 Å². The molecule has 3 aromatic rings. The Labute approximate surface area is 201 Å². The molecule has 0 aliphatic heterocycles. The Morgan fingerprint density at radius 3 is 2.71 bits per heavy atom. The van der Waals surface area contributed by atoms with Gasteiger partial charge in [0.15, 0.2) is 11.3 Å². The number of hydrogen-bond acceptors (Lipinski definition) is 5. The molecule has 0 amide bonds. The van der Waals surface area contributed by atoms with Crippen molar-refractivity contribution in [2.24, 2.45) is 5.92 Å². The van der Waals surface area contributed by atoms with Crippen molar-refractivity contribution < 1.29 is 37.1 Å². The van der Waals surface area contributed by atoms with Gasteiger partial charge in [0, 0.05) is 12.0 Å². The number of aliphatic carboxylic acids is 1. The number of fused-ring (bicyclic) bond motifs is 2. The molecule has 1 aliphatic carbocycles. The van der Waals surface area contributed by atoms with E-state index in [9.17, 15) is 23.1 Å². The van der Waals surface area contributed by atoms with E-state index < -0.39 is 23.8 Å². The van der Waals surface area contributed by atoms with Crippen molar-refractivity contribution in [3.05, 3.63) is 52.7 Å². The van der Waals surface area contributed by atoms with Crippen LogP contribution in [0.1, 0.15) is 61.4 Å². The van der Waals surface area contributed by atoms with Crippen LogP contribution in [0.4, 0.5) is 13.2 Å². The first kappa shape index (κ1) is 24.9. The number of alkyl halides is 3. The van der Waals surface area contributed by atoms with Crippen LogP contribution in [0.25, 0.3) is 11.0 Å². The highest BCUT2D eigenvalue weighted by Gasteiger charge is 2.37. The molecule has 6 nitrogen and oxygen atoms in total. The minimum absolute atomic E-state index is 0.0242. The molecule has 9 heteroatoms. The van der Waals surface area contributed by atoms with Gasteiger partial charge in [0.05, 0.1) is 24.5 Å². The molecule has 0 spiro atoms. The molecule has 1 N–H and O–H groups in total. The third-order valence-corrected chi connectivity index (χ3v) is 6.52. The van der Waals surface area contributed by atoms with E-state index >= 15 is 0 Å². The molecule has 1 heterocycles. The minimum atomic E-state index is -4.58. The Hall–Kier alpha value is -3.23. The summed E-state index contributed by atoms with van der Waals surface area (Å²) in [5.41, 5.74) is 1.87. The molecule has 188 valence electrons. The lowest BCUT2D eigenvalue weighted by Crippen LogP contribution is -2.17. The molecule has 0 fully saturated rings. The predicted molar refractivity (Wildman–Crippen MR) is 123 cm³/mol. The maximum atomic E-state index is 13.2. The summed E-state index contributed by atoms with van der Waals surface area (Å²) >= 11 is 0. The van der Waals surface area contributed by atoms with Crippen molar-refractivity contribution in [3.8, 4) is 11.5 Å². The molecule has 1 aliphatic rings. The van der Waals surface area contributed by atoms with Crippen molar-refractivity contribution in [2.75, 3.05) is 13.2 Å². The molecular weight excluding hydrogens is 463 g/mol. The van der Waals surface area contributed by atoms with Crippen LogP contribution < -0.4 is 9.47 Å². The zero-order valence-electron chi connectivity index (χ0n) is 19.7. The number of carboxylic acids is 1. The van der Waals surface area contributed by atoms with Gasteiger partial charge in [-0.2, -0.15) is 13.2 Å². The van der Waals surface area contributed by atoms with Gasteiger partial charge in [-0.1, -0.05) is 31.5 Å². The number of aryl methyl sites for hydroxylation is 2. The summed E-state index contributed by atoms with van der Waals surface area (Å²) < 4.78 is 56.3. The summed E-state index contributed by atoms with van der Waals surface area (Å²) in [7, 11) is 0. The van der Waals surface area contributed by atoms with Crippen LogP contribution in [0.3, 0.4) is 0 Å². The Morgan fingerprint density at radius 2 is 2.00 bits per heavy atom. The van der Waals surface area contributed by atoms with Crippen LogP contribution in [0.15, 0.2) is 34.9 Å². The number of benzene rings is 2. The standard InChI is InChI=1S/C26H28F3NO5/c1-3-5-20-22(11-10-21-23(20)35-30-24(21)26(27,28)29)34-13-4-12-33-17-7-9-19-16(14-17)6-8-18(19)15(2)25(31)32/h7,9-11,14-15,18H,3-6,8,12-13H2,1-2H3,(H,31,32)/t15-,18?/m0/s1. The third kappa shape index (κ3) is 5.23. The minimum Gasteiger partial charge on any atom is -0.493 e. The van der Waals surface area contributed by atoms with Gasteiger partial charge in [-0.3, -0.25) is 4.79 Å². The number of hydrogen-bond donors (Lipinski definition) is 1. The average Bonchev–Trinajstić information content (AvgIpc) is 3.43. The summed E-state index contributed by atoms with van der Waals surface area (Å²) in [5, 5.41) is 12.5. The van der Waals surface area contributed by atoms with Crippen LogP contribution in [-0.2, 0) is 23.8 Å². The maximum absolute atomic E-state index is 13.2. The molecule has 4 rings (SSSR count). The Kier molecular flexibility index (Phi) is 7.23. The first-order chi connectivity index (χ1) is 16.7. The number of aromatic nitrogens is 1. The number of carbonyl (C=O) groups is 1. The first-order valence-electron chi connectivity index (χ1n) is 11.8. The second-order valence-electron chi connectivity index (χ2n) is 8.88. The molecule has 0 radical (unpaired) electrons. The SMILES string of the molecule is CCCc1c(OCCCOc2ccc3c(c2)CCC3[C@H](C)C(=O)O)ccc2c(C(F)(F)F)noc12. The van der Waals surface area contributed by atoms with E-state index in [2.05, 4.69) is 5.16 Å². The molecular formula is C26H28F3NO5. The molecule has 0 saturated heterocycles. The fraction of sp³-hybridized carbons (Fsp3) is 0.462. The number of carboxylic acid groups (broad SMARTS) is 1. The monoisotopic (exact) mass is 491 g/mol. The summed E-state index contributed by atoms with van der Waals surface area (Å²) in [4.78, 5) is 11.3. The summed E-state index contributed by atoms with van der Waals surface area (Å²) in [6.45, 7) is 4.40. The first-order valence-corrected chi connectivity index (χ1v) is 11.8. The number of halogens is 3. The van der Waals surface area contributed by atoms with Gasteiger partial charge >= 0.3 is 12.1 Å². The van der Waals surface area contributed by atoms with Crippen LogP contribution in [0.2, 0.25) is 0 Å². The number of rotatable bonds is 10. The van der Waals surface area contributed by atoms with Crippen molar-refractivity contribution in [2.45, 2.75) is 58.0 Å². The Balaban J connectivity index is 1.34. The maximum Gasteiger partial charge on any atom is 0.437 e. The summed E-state index contributed by atoms with van der Waals surface area (Å²) in [6.07, 6.45) is -1.14. The lowest BCUT2D eigenvalue weighted by atomic mass is 9.89. The summed E-state index contributed by atoms with van der Waals surface area (Å²) in [6, 6.07) is 8.66. The van der Waals surface area contributed by atoms with Gasteiger partial charge in [-0.25, -0.2) is 0 Å². The van der Waals surface area contributed by atoms with E-state index in [1.165, 1.54) is 12.1 Å². The van der Waals surface area contributed by atoms with Crippen molar-refractivity contribution in [1.29, 1.82) is 0 Å². The lowest BCUT2D eigenvalue weighted by molar-refractivity contribution is -0.142. The van der Waals surface area contributed by atoms with Gasteiger partial charge in [-0.05, 0) is 60.6 Å². The number of ether oxygens (including phenoxy) is 2. The zero-order chi connectivity index (χ0) is 25.2. The van der Waals surface area contributed by atoms with Gasteiger partial charge < -0.3 is 19.1 Å². The fourth-order valence-electron chi connectivity index (χ4n) is 4.71. The van der Waals surface area contributed by atoms with E-state index in [0.29, 0.717) is 43.8 Å². The van der Waals surface area contributed by atoms with E-state index in [4.69, 9.17) is 14.0 Å². The zero-order valence-corrected chi connectivity index (χ0v) is 19.7. The average molecular weight is 492 g/mol. The van der Waals surface area contributed by atoms with Gasteiger partial charge in [-0.15, -0.1) is 0 Å². The highest BCUT2D eigenvalue weighted by Crippen LogP contribution is 2.40. The molecule has 2 aromatic carbocycles. The molecule has 35 heavy (non-hydrogen) atoms. The van der Waals surface area contributed by atoms with E-state index in [1.807, 2.05) is 25.1 Å². The highest BCUT2D eigenvalue weighted by atomic mass is 19.4. The third-order valence-electron chi connectivity index (χ3n) is 6.52. The van der Waals surface area contributed by atoms with Crippen LogP contribution >= 0.6 is 0 Å². The Bertz CT molecular complexity index is 1200. The predicted octanol–water partition coefficient (Wildman–Crippen LogP) is 6.40. The Morgan fingerprint density at radius 1 is 1.23 bits per heavy atom. The van der Waals surface area contributed by atoms with Crippen LogP contribution in [-0.4, -0.2) is 29.4 Å². The molecule has 2 atom stereocenters. The van der Waals surface area contributed by atoms with E-state index in [1.54, 1.807) is 6.92 Å². The lowest BCUT2D eigenvalue weighted by Gasteiger charge is -2.16. The molecule has 1 unspecified atom stereocenters. The quantitative estimate of drug-likeness (QED) is 0.331. The van der Waals surface area contributed by atoms with Gasteiger partial charge in [0.2, 0.25) is 0 Å². The topological polar surface area (TPSA) is 81.8 Å². The second kappa shape index (κ2) is 10.2. The van der Waals surface area contributed by atoms with Crippen LogP contribution in [0.5, 0.6) is 11.5 Å². The summed E-state index contributed by atoms with van der Waals surface area (Å²) in [5.74, 6) is 0.0286. The molecule has 1 aromatic heterocycles. The van der Waals surface area contributed by atoms with Crippen molar-refractivity contribution >= 4 is 16.9 Å². The smallest absolute Gasteiger partial charge is 0.437 e. The van der Waals surface area contributed by atoms with Gasteiger partial charge in [0.25, 0.3) is 0 Å². The largest absolute Gasteiger partial charge is 0.493 e. The van der Waals surface area contributed by atoms with E-state index in [-0.39, 0.29) is 16.9 Å². The van der Waals surface area contributed by atoms with Crippen molar-refractivity contribution in [3.63, 3.8) is 0 Å². The normalized spacial score (nSPS) is 16.3. The van der Waals surface area contributed by atoms with Gasteiger partial charge in [0.1, 0.15) is 11.5 Å².